The monoisotopic (exact) mass is 315 g/mol. The van der Waals surface area contributed by atoms with Crippen molar-refractivity contribution in [2.45, 2.75) is 38.2 Å². The van der Waals surface area contributed by atoms with Gasteiger partial charge >= 0.3 is 0 Å². The molecule has 0 aromatic carbocycles. The molecule has 3 aromatic heterocycles. The van der Waals surface area contributed by atoms with Gasteiger partial charge in [0, 0.05) is 18.0 Å². The van der Waals surface area contributed by atoms with Crippen molar-refractivity contribution in [2.75, 3.05) is 18.5 Å². The van der Waals surface area contributed by atoms with Crippen molar-refractivity contribution in [3.05, 3.63) is 16.8 Å². The van der Waals surface area contributed by atoms with Crippen molar-refractivity contribution >= 4 is 33.1 Å². The van der Waals surface area contributed by atoms with E-state index in [4.69, 9.17) is 9.72 Å². The third kappa shape index (κ3) is 1.85. The van der Waals surface area contributed by atoms with Crippen LogP contribution in [0.15, 0.2) is 6.33 Å². The average molecular weight is 315 g/mol. The number of anilines is 1. The van der Waals surface area contributed by atoms with Gasteiger partial charge in [-0.3, -0.25) is 0 Å². The molecule has 1 atom stereocenters. The normalized spacial score (nSPS) is 21.0. The molecule has 22 heavy (non-hydrogen) atoms. The van der Waals surface area contributed by atoms with Gasteiger partial charge in [-0.05, 0) is 37.7 Å². The first-order chi connectivity index (χ1) is 10.9. The molecule has 4 heterocycles. The van der Waals surface area contributed by atoms with Crippen LogP contribution in [0.2, 0.25) is 0 Å². The second kappa shape index (κ2) is 4.89. The molecule has 0 spiro atoms. The van der Waals surface area contributed by atoms with E-state index >= 15 is 0 Å². The highest BCUT2D eigenvalue weighted by atomic mass is 32.1. The maximum absolute atomic E-state index is 5.67. The summed E-state index contributed by atoms with van der Waals surface area (Å²) in [5.74, 6) is 0.774. The molecule has 1 aliphatic heterocycles. The maximum atomic E-state index is 5.67. The second-order valence-electron chi connectivity index (χ2n) is 5.98. The number of nitrogens with zero attached hydrogens (tertiary/aromatic N) is 4. The Morgan fingerprint density at radius 2 is 2.36 bits per heavy atom. The van der Waals surface area contributed by atoms with Crippen LogP contribution in [0.1, 0.15) is 29.7 Å². The van der Waals surface area contributed by atoms with E-state index in [9.17, 15) is 0 Å². The zero-order valence-electron chi connectivity index (χ0n) is 12.2. The molecule has 5 rings (SSSR count). The number of ether oxygens (including phenoxy) is 1. The van der Waals surface area contributed by atoms with Crippen LogP contribution >= 0.6 is 11.3 Å². The summed E-state index contributed by atoms with van der Waals surface area (Å²) < 4.78 is 7.51. The van der Waals surface area contributed by atoms with Crippen LogP contribution in [0.3, 0.4) is 0 Å². The molecule has 3 aromatic rings. The molecule has 1 fully saturated rings. The van der Waals surface area contributed by atoms with E-state index < -0.39 is 0 Å². The molecule has 0 radical (unpaired) electrons. The summed E-state index contributed by atoms with van der Waals surface area (Å²) in [6, 6.07) is 0. The largest absolute Gasteiger partial charge is 0.376 e. The lowest BCUT2D eigenvalue weighted by Crippen LogP contribution is -2.20. The molecule has 1 aliphatic carbocycles. The van der Waals surface area contributed by atoms with Gasteiger partial charge in [0.05, 0.1) is 11.5 Å². The predicted molar refractivity (Wildman–Crippen MR) is 85.7 cm³/mol. The van der Waals surface area contributed by atoms with Gasteiger partial charge < -0.3 is 10.1 Å². The lowest BCUT2D eigenvalue weighted by molar-refractivity contribution is 0.120. The first-order valence-corrected chi connectivity index (χ1v) is 8.71. The molecule has 1 saturated heterocycles. The highest BCUT2D eigenvalue weighted by Gasteiger charge is 2.23. The standard InChI is InChI=1S/C15H17N5OS/c1-4-10-11(5-1)22-14-12(10)13-17-8-18-20(13)15(19-14)16-7-9-3-2-6-21-9/h8-9H,1-7H2,(H,16,19). The predicted octanol–water partition coefficient (Wildman–Crippen LogP) is 2.42. The van der Waals surface area contributed by atoms with Crippen LogP contribution in [0.25, 0.3) is 15.9 Å². The van der Waals surface area contributed by atoms with Crippen molar-refractivity contribution in [1.82, 2.24) is 19.6 Å². The van der Waals surface area contributed by atoms with Gasteiger partial charge in [0.15, 0.2) is 5.65 Å². The van der Waals surface area contributed by atoms with Crippen molar-refractivity contribution < 1.29 is 4.74 Å². The topological polar surface area (TPSA) is 64.3 Å². The van der Waals surface area contributed by atoms with E-state index in [0.717, 1.165) is 48.8 Å². The fourth-order valence-electron chi connectivity index (χ4n) is 3.53. The zero-order chi connectivity index (χ0) is 14.5. The molecule has 0 bridgehead atoms. The highest BCUT2D eigenvalue weighted by Crippen LogP contribution is 2.38. The lowest BCUT2D eigenvalue weighted by Gasteiger charge is -2.12. The summed E-state index contributed by atoms with van der Waals surface area (Å²) in [6.45, 7) is 1.65. The average Bonchev–Trinajstić information content (AvgIpc) is 3.26. The molecular formula is C15H17N5OS. The zero-order valence-corrected chi connectivity index (χ0v) is 13.0. The van der Waals surface area contributed by atoms with Crippen LogP contribution in [0, 0.1) is 0 Å². The summed E-state index contributed by atoms with van der Waals surface area (Å²) in [4.78, 5) is 11.9. The van der Waals surface area contributed by atoms with E-state index in [0.29, 0.717) is 0 Å². The molecule has 1 N–H and O–H groups in total. The Hall–Kier alpha value is -1.73. The first-order valence-electron chi connectivity index (χ1n) is 7.89. The Bertz CT molecular complexity index is 848. The summed E-state index contributed by atoms with van der Waals surface area (Å²) in [6.07, 6.45) is 7.73. The van der Waals surface area contributed by atoms with Crippen molar-refractivity contribution in [1.29, 1.82) is 0 Å². The van der Waals surface area contributed by atoms with Gasteiger partial charge in [-0.2, -0.15) is 9.61 Å². The molecule has 7 heteroatoms. The number of fused-ring (bicyclic) bond motifs is 5. The lowest BCUT2D eigenvalue weighted by atomic mass is 10.2. The highest BCUT2D eigenvalue weighted by molar-refractivity contribution is 7.19. The number of aryl methyl sites for hydroxylation is 2. The van der Waals surface area contributed by atoms with Crippen LogP contribution in [-0.4, -0.2) is 38.8 Å². The number of hydrogen-bond donors (Lipinski definition) is 1. The quantitative estimate of drug-likeness (QED) is 0.804. The van der Waals surface area contributed by atoms with Gasteiger partial charge in [0.1, 0.15) is 11.2 Å². The number of hydrogen-bond acceptors (Lipinski definition) is 6. The third-order valence-corrected chi connectivity index (χ3v) is 5.78. The van der Waals surface area contributed by atoms with Crippen LogP contribution in [-0.2, 0) is 17.6 Å². The van der Waals surface area contributed by atoms with Crippen LogP contribution in [0.4, 0.5) is 5.95 Å². The smallest absolute Gasteiger partial charge is 0.227 e. The number of nitrogens with one attached hydrogen (secondary N) is 1. The minimum Gasteiger partial charge on any atom is -0.376 e. The van der Waals surface area contributed by atoms with Gasteiger partial charge in [-0.1, -0.05) is 0 Å². The number of aromatic nitrogens is 4. The van der Waals surface area contributed by atoms with E-state index in [2.05, 4.69) is 15.4 Å². The summed E-state index contributed by atoms with van der Waals surface area (Å²) >= 11 is 1.81. The minimum absolute atomic E-state index is 0.282. The molecule has 0 saturated carbocycles. The number of rotatable bonds is 3. The number of thiophene rings is 1. The first kappa shape index (κ1) is 12.8. The SMILES string of the molecule is c1nc2c3c4c(sc3nc(NCC3CCCO3)n2n1)CCC4. The summed E-state index contributed by atoms with van der Waals surface area (Å²) in [5.41, 5.74) is 2.37. The molecule has 1 unspecified atom stereocenters. The van der Waals surface area contributed by atoms with Crippen LogP contribution in [0.5, 0.6) is 0 Å². The molecule has 2 aliphatic rings. The van der Waals surface area contributed by atoms with E-state index in [1.54, 1.807) is 6.33 Å². The van der Waals surface area contributed by atoms with E-state index in [-0.39, 0.29) is 6.10 Å². The van der Waals surface area contributed by atoms with Crippen molar-refractivity contribution in [3.63, 3.8) is 0 Å². The van der Waals surface area contributed by atoms with Crippen molar-refractivity contribution in [3.8, 4) is 0 Å². The van der Waals surface area contributed by atoms with Gasteiger partial charge in [-0.25, -0.2) is 9.97 Å². The second-order valence-corrected chi connectivity index (χ2v) is 7.07. The Morgan fingerprint density at radius 1 is 1.36 bits per heavy atom. The molecule has 6 nitrogen and oxygen atoms in total. The van der Waals surface area contributed by atoms with E-state index in [1.807, 2.05) is 15.9 Å². The van der Waals surface area contributed by atoms with Crippen LogP contribution < -0.4 is 5.32 Å². The van der Waals surface area contributed by atoms with Gasteiger partial charge in [-0.15, -0.1) is 11.3 Å². The maximum Gasteiger partial charge on any atom is 0.227 e. The van der Waals surface area contributed by atoms with Crippen molar-refractivity contribution in [2.24, 2.45) is 0 Å². The fourth-order valence-corrected chi connectivity index (χ4v) is 4.79. The van der Waals surface area contributed by atoms with Gasteiger partial charge in [0.2, 0.25) is 5.95 Å². The Labute approximate surface area is 131 Å². The molecule has 114 valence electrons. The van der Waals surface area contributed by atoms with Gasteiger partial charge in [0.25, 0.3) is 0 Å². The molecular weight excluding hydrogens is 298 g/mol. The fraction of sp³-hybridized carbons (Fsp3) is 0.533. The Kier molecular flexibility index (Phi) is 2.84. The van der Waals surface area contributed by atoms with E-state index in [1.165, 1.54) is 28.7 Å². The molecule has 0 amide bonds. The Morgan fingerprint density at radius 3 is 3.27 bits per heavy atom. The summed E-state index contributed by atoms with van der Waals surface area (Å²) in [7, 11) is 0. The Balaban J connectivity index is 1.59. The summed E-state index contributed by atoms with van der Waals surface area (Å²) in [5, 5.41) is 8.97. The minimum atomic E-state index is 0.282. The third-order valence-electron chi connectivity index (χ3n) is 4.59.